The van der Waals surface area contributed by atoms with Crippen LogP contribution in [0, 0.1) is 0 Å². The number of ether oxygens (including phenoxy) is 1. The first-order valence-corrected chi connectivity index (χ1v) is 6.70. The summed E-state index contributed by atoms with van der Waals surface area (Å²) in [5, 5.41) is 3.68. The molecule has 20 heavy (non-hydrogen) atoms. The van der Waals surface area contributed by atoms with Gasteiger partial charge in [0.05, 0.1) is 17.3 Å². The largest absolute Gasteiger partial charge is 0.380 e. The van der Waals surface area contributed by atoms with Gasteiger partial charge in [-0.1, -0.05) is 35.3 Å². The zero-order valence-electron chi connectivity index (χ0n) is 10.8. The van der Waals surface area contributed by atoms with Crippen LogP contribution >= 0.6 is 23.2 Å². The van der Waals surface area contributed by atoms with Gasteiger partial charge in [0.1, 0.15) is 0 Å². The molecule has 104 valence electrons. The first-order valence-electron chi connectivity index (χ1n) is 5.94. The quantitative estimate of drug-likeness (QED) is 0.909. The molecule has 0 aliphatic heterocycles. The number of methoxy groups -OCH3 is 1. The Bertz CT molecular complexity index is 629. The number of amides is 1. The van der Waals surface area contributed by atoms with Gasteiger partial charge in [-0.3, -0.25) is 4.79 Å². The van der Waals surface area contributed by atoms with Crippen LogP contribution in [-0.4, -0.2) is 13.0 Å². The number of rotatable bonds is 4. The molecule has 0 bridgehead atoms. The fraction of sp³-hybridized carbons (Fsp3) is 0.133. The molecule has 0 aliphatic carbocycles. The van der Waals surface area contributed by atoms with Crippen LogP contribution in [-0.2, 0) is 11.3 Å². The van der Waals surface area contributed by atoms with Gasteiger partial charge < -0.3 is 10.1 Å². The molecule has 1 amide bonds. The van der Waals surface area contributed by atoms with Gasteiger partial charge in [0, 0.05) is 17.7 Å². The number of halogens is 2. The number of anilines is 1. The molecule has 2 aromatic rings. The first kappa shape index (κ1) is 14.9. The maximum atomic E-state index is 12.2. The van der Waals surface area contributed by atoms with E-state index in [0.717, 1.165) is 5.56 Å². The standard InChI is InChI=1S/C15H13Cl2NO2/c1-20-9-10-3-2-4-11(7-10)15(19)18-14-6-5-12(16)8-13(14)17/h2-8H,9H2,1H3,(H,18,19). The highest BCUT2D eigenvalue weighted by molar-refractivity contribution is 6.36. The monoisotopic (exact) mass is 309 g/mol. The van der Waals surface area contributed by atoms with Gasteiger partial charge >= 0.3 is 0 Å². The van der Waals surface area contributed by atoms with Crippen LogP contribution < -0.4 is 5.32 Å². The van der Waals surface area contributed by atoms with Crippen LogP contribution in [0.3, 0.4) is 0 Å². The van der Waals surface area contributed by atoms with Crippen LogP contribution in [0.5, 0.6) is 0 Å². The topological polar surface area (TPSA) is 38.3 Å². The second kappa shape index (κ2) is 6.75. The van der Waals surface area contributed by atoms with Gasteiger partial charge in [-0.15, -0.1) is 0 Å². The van der Waals surface area contributed by atoms with Gasteiger partial charge in [-0.25, -0.2) is 0 Å². The normalized spacial score (nSPS) is 10.3. The second-order valence-corrected chi connectivity index (χ2v) is 5.06. The van der Waals surface area contributed by atoms with Crippen molar-refractivity contribution >= 4 is 34.8 Å². The van der Waals surface area contributed by atoms with Crippen molar-refractivity contribution in [3.8, 4) is 0 Å². The Kier molecular flexibility index (Phi) is 5.01. The Morgan fingerprint density at radius 3 is 2.70 bits per heavy atom. The van der Waals surface area contributed by atoms with Gasteiger partial charge in [-0.05, 0) is 35.9 Å². The Labute approximate surface area is 127 Å². The van der Waals surface area contributed by atoms with Gasteiger partial charge in [0.15, 0.2) is 0 Å². The molecule has 3 nitrogen and oxygen atoms in total. The van der Waals surface area contributed by atoms with Gasteiger partial charge in [-0.2, -0.15) is 0 Å². The number of carbonyl (C=O) groups excluding carboxylic acids is 1. The predicted octanol–water partition coefficient (Wildman–Crippen LogP) is 4.39. The minimum absolute atomic E-state index is 0.229. The van der Waals surface area contributed by atoms with Crippen LogP contribution in [0.4, 0.5) is 5.69 Å². The third-order valence-corrected chi connectivity index (χ3v) is 3.23. The molecule has 0 aliphatic rings. The van der Waals surface area contributed by atoms with Crippen molar-refractivity contribution in [2.75, 3.05) is 12.4 Å². The molecular formula is C15H13Cl2NO2. The lowest BCUT2D eigenvalue weighted by atomic mass is 10.1. The predicted molar refractivity (Wildman–Crippen MR) is 81.6 cm³/mol. The third kappa shape index (κ3) is 3.73. The highest BCUT2D eigenvalue weighted by Gasteiger charge is 2.09. The molecule has 1 N–H and O–H groups in total. The molecule has 0 radical (unpaired) electrons. The lowest BCUT2D eigenvalue weighted by Gasteiger charge is -2.08. The molecule has 0 atom stereocenters. The van der Waals surface area contributed by atoms with Gasteiger partial charge in [0.25, 0.3) is 5.91 Å². The maximum absolute atomic E-state index is 12.2. The summed E-state index contributed by atoms with van der Waals surface area (Å²) in [7, 11) is 1.61. The van der Waals surface area contributed by atoms with Crippen molar-refractivity contribution in [3.05, 3.63) is 63.6 Å². The summed E-state index contributed by atoms with van der Waals surface area (Å²) in [5.41, 5.74) is 2.01. The van der Waals surface area contributed by atoms with E-state index in [1.165, 1.54) is 0 Å². The van der Waals surface area contributed by atoms with E-state index in [2.05, 4.69) is 5.32 Å². The van der Waals surface area contributed by atoms with Crippen molar-refractivity contribution in [1.29, 1.82) is 0 Å². The summed E-state index contributed by atoms with van der Waals surface area (Å²) in [5.74, 6) is -0.229. The minimum atomic E-state index is -0.229. The summed E-state index contributed by atoms with van der Waals surface area (Å²) in [6.07, 6.45) is 0. The van der Waals surface area contributed by atoms with E-state index in [1.54, 1.807) is 37.4 Å². The van der Waals surface area contributed by atoms with Crippen LogP contribution in [0.1, 0.15) is 15.9 Å². The minimum Gasteiger partial charge on any atom is -0.380 e. The number of benzene rings is 2. The Balaban J connectivity index is 2.17. The molecule has 0 spiro atoms. The summed E-state index contributed by atoms with van der Waals surface area (Å²) in [4.78, 5) is 12.2. The maximum Gasteiger partial charge on any atom is 0.255 e. The van der Waals surface area contributed by atoms with Crippen LogP contribution in [0.25, 0.3) is 0 Å². The Morgan fingerprint density at radius 2 is 2.00 bits per heavy atom. The fourth-order valence-electron chi connectivity index (χ4n) is 1.75. The van der Waals surface area contributed by atoms with E-state index in [9.17, 15) is 4.79 Å². The molecule has 2 aromatic carbocycles. The van der Waals surface area contributed by atoms with Crippen molar-refractivity contribution in [2.24, 2.45) is 0 Å². The Hall–Kier alpha value is -1.55. The lowest BCUT2D eigenvalue weighted by Crippen LogP contribution is -2.12. The number of hydrogen-bond donors (Lipinski definition) is 1. The average Bonchev–Trinajstić information content (AvgIpc) is 2.42. The molecule has 0 saturated carbocycles. The lowest BCUT2D eigenvalue weighted by molar-refractivity contribution is 0.102. The van der Waals surface area contributed by atoms with Crippen molar-refractivity contribution < 1.29 is 9.53 Å². The molecule has 5 heteroatoms. The first-order chi connectivity index (χ1) is 9.60. The van der Waals surface area contributed by atoms with E-state index in [-0.39, 0.29) is 5.91 Å². The van der Waals surface area contributed by atoms with Crippen molar-refractivity contribution in [2.45, 2.75) is 6.61 Å². The summed E-state index contributed by atoms with van der Waals surface area (Å²) >= 11 is 11.8. The molecule has 2 rings (SSSR count). The molecule has 0 heterocycles. The summed E-state index contributed by atoms with van der Waals surface area (Å²) in [6.45, 7) is 0.461. The number of nitrogens with one attached hydrogen (secondary N) is 1. The van der Waals surface area contributed by atoms with Crippen LogP contribution in [0.2, 0.25) is 10.0 Å². The molecule has 0 fully saturated rings. The Morgan fingerprint density at radius 1 is 1.20 bits per heavy atom. The summed E-state index contributed by atoms with van der Waals surface area (Å²) < 4.78 is 5.05. The number of carbonyl (C=O) groups is 1. The highest BCUT2D eigenvalue weighted by atomic mass is 35.5. The van der Waals surface area contributed by atoms with E-state index in [0.29, 0.717) is 27.9 Å². The molecule has 0 unspecified atom stereocenters. The zero-order chi connectivity index (χ0) is 14.5. The van der Waals surface area contributed by atoms with E-state index >= 15 is 0 Å². The third-order valence-electron chi connectivity index (χ3n) is 2.68. The fourth-order valence-corrected chi connectivity index (χ4v) is 2.21. The average molecular weight is 310 g/mol. The van der Waals surface area contributed by atoms with Crippen molar-refractivity contribution in [1.82, 2.24) is 0 Å². The van der Waals surface area contributed by atoms with Crippen molar-refractivity contribution in [3.63, 3.8) is 0 Å². The SMILES string of the molecule is COCc1cccc(C(=O)Nc2ccc(Cl)cc2Cl)c1. The molecule has 0 saturated heterocycles. The highest BCUT2D eigenvalue weighted by Crippen LogP contribution is 2.25. The van der Waals surface area contributed by atoms with E-state index < -0.39 is 0 Å². The number of hydrogen-bond acceptors (Lipinski definition) is 2. The second-order valence-electron chi connectivity index (χ2n) is 4.21. The van der Waals surface area contributed by atoms with E-state index in [4.69, 9.17) is 27.9 Å². The zero-order valence-corrected chi connectivity index (χ0v) is 12.3. The summed E-state index contributed by atoms with van der Waals surface area (Å²) in [6, 6.07) is 12.1. The van der Waals surface area contributed by atoms with E-state index in [1.807, 2.05) is 12.1 Å². The van der Waals surface area contributed by atoms with Crippen LogP contribution in [0.15, 0.2) is 42.5 Å². The molecule has 0 aromatic heterocycles. The smallest absolute Gasteiger partial charge is 0.255 e. The van der Waals surface area contributed by atoms with Gasteiger partial charge in [0.2, 0.25) is 0 Å². The molecular weight excluding hydrogens is 297 g/mol.